The highest BCUT2D eigenvalue weighted by Crippen LogP contribution is 2.30. The number of nitrogens with zero attached hydrogens (tertiary/aromatic N) is 1. The fourth-order valence-electron chi connectivity index (χ4n) is 1.49. The molecular weight excluding hydrogens is 229 g/mol. The van der Waals surface area contributed by atoms with Crippen LogP contribution in [0.1, 0.15) is 6.42 Å². The summed E-state index contributed by atoms with van der Waals surface area (Å²) in [6.45, 7) is 1.50. The highest BCUT2D eigenvalue weighted by molar-refractivity contribution is 8.00. The quantitative estimate of drug-likeness (QED) is 0.804. The molecule has 1 rings (SSSR count). The Bertz CT molecular complexity index is 234. The number of halogens is 3. The van der Waals surface area contributed by atoms with E-state index in [1.807, 2.05) is 0 Å². The third kappa shape index (κ3) is 4.29. The summed E-state index contributed by atoms with van der Waals surface area (Å²) < 4.78 is 35.5. The second-order valence-electron chi connectivity index (χ2n) is 3.46. The van der Waals surface area contributed by atoms with Crippen LogP contribution < -0.4 is 5.73 Å². The zero-order valence-electron chi connectivity index (χ0n) is 8.09. The van der Waals surface area contributed by atoms with Gasteiger partial charge in [-0.25, -0.2) is 0 Å². The van der Waals surface area contributed by atoms with Gasteiger partial charge >= 0.3 is 5.51 Å². The van der Waals surface area contributed by atoms with Gasteiger partial charge in [0, 0.05) is 13.1 Å². The summed E-state index contributed by atoms with van der Waals surface area (Å²) in [5, 5.41) is 0. The van der Waals surface area contributed by atoms with E-state index >= 15 is 0 Å². The molecule has 3 nitrogen and oxygen atoms in total. The van der Waals surface area contributed by atoms with Crippen LogP contribution in [-0.2, 0) is 4.79 Å². The van der Waals surface area contributed by atoms with Crippen LogP contribution >= 0.6 is 11.8 Å². The van der Waals surface area contributed by atoms with E-state index in [0.717, 1.165) is 6.42 Å². The van der Waals surface area contributed by atoms with Crippen molar-refractivity contribution in [2.75, 3.05) is 25.4 Å². The van der Waals surface area contributed by atoms with Crippen molar-refractivity contribution in [3.8, 4) is 0 Å². The molecule has 15 heavy (non-hydrogen) atoms. The summed E-state index contributed by atoms with van der Waals surface area (Å²) >= 11 is -0.285. The third-order valence-electron chi connectivity index (χ3n) is 2.33. The van der Waals surface area contributed by atoms with E-state index in [2.05, 4.69) is 0 Å². The first-order chi connectivity index (χ1) is 6.92. The predicted octanol–water partition coefficient (Wildman–Crippen LogP) is 1.05. The molecule has 0 radical (unpaired) electrons. The maximum atomic E-state index is 11.8. The number of amides is 1. The molecule has 0 aromatic heterocycles. The number of likely N-dealkylation sites (tertiary alicyclic amines) is 1. The van der Waals surface area contributed by atoms with Crippen LogP contribution in [0.15, 0.2) is 0 Å². The van der Waals surface area contributed by atoms with Crippen molar-refractivity contribution in [3.63, 3.8) is 0 Å². The number of alkyl halides is 3. The molecule has 1 aliphatic heterocycles. The van der Waals surface area contributed by atoms with E-state index in [0.29, 0.717) is 19.6 Å². The van der Waals surface area contributed by atoms with Gasteiger partial charge in [0.1, 0.15) is 0 Å². The smallest absolute Gasteiger partial charge is 0.342 e. The van der Waals surface area contributed by atoms with Gasteiger partial charge in [-0.2, -0.15) is 13.2 Å². The minimum absolute atomic E-state index is 0.241. The summed E-state index contributed by atoms with van der Waals surface area (Å²) in [4.78, 5) is 12.8. The summed E-state index contributed by atoms with van der Waals surface area (Å²) in [6.07, 6.45) is 0.791. The lowest BCUT2D eigenvalue weighted by molar-refractivity contribution is -0.127. The molecule has 1 saturated heterocycles. The van der Waals surface area contributed by atoms with Gasteiger partial charge in [0.2, 0.25) is 5.91 Å². The number of thioether (sulfide) groups is 1. The summed E-state index contributed by atoms with van der Waals surface area (Å²) in [5.41, 5.74) is 1.09. The fraction of sp³-hybridized carbons (Fsp3) is 0.875. The highest BCUT2D eigenvalue weighted by Gasteiger charge is 2.32. The van der Waals surface area contributed by atoms with Crippen LogP contribution in [0.5, 0.6) is 0 Å². The van der Waals surface area contributed by atoms with Crippen molar-refractivity contribution in [2.45, 2.75) is 11.9 Å². The topological polar surface area (TPSA) is 46.3 Å². The summed E-state index contributed by atoms with van der Waals surface area (Å²) in [6, 6.07) is 0. The second kappa shape index (κ2) is 5.07. The van der Waals surface area contributed by atoms with Crippen molar-refractivity contribution in [1.29, 1.82) is 0 Å². The van der Waals surface area contributed by atoms with Crippen molar-refractivity contribution in [3.05, 3.63) is 0 Å². The fourth-order valence-corrected chi connectivity index (χ4v) is 1.96. The number of carbonyl (C=O) groups excluding carboxylic acids is 1. The Balaban J connectivity index is 2.30. The molecule has 0 saturated carbocycles. The van der Waals surface area contributed by atoms with E-state index in [9.17, 15) is 18.0 Å². The lowest BCUT2D eigenvalue weighted by Crippen LogP contribution is -2.31. The molecule has 1 amide bonds. The van der Waals surface area contributed by atoms with E-state index in [-0.39, 0.29) is 17.7 Å². The van der Waals surface area contributed by atoms with Gasteiger partial charge in [0.15, 0.2) is 0 Å². The molecule has 1 fully saturated rings. The minimum Gasteiger partial charge on any atom is -0.342 e. The van der Waals surface area contributed by atoms with Crippen LogP contribution in [0.2, 0.25) is 0 Å². The monoisotopic (exact) mass is 242 g/mol. The molecule has 1 unspecified atom stereocenters. The molecule has 0 aromatic rings. The average Bonchev–Trinajstić information content (AvgIpc) is 2.61. The maximum Gasteiger partial charge on any atom is 0.442 e. The number of carbonyl (C=O) groups is 1. The van der Waals surface area contributed by atoms with Crippen molar-refractivity contribution in [1.82, 2.24) is 4.90 Å². The number of nitrogens with two attached hydrogens (primary N) is 1. The molecule has 1 aliphatic rings. The van der Waals surface area contributed by atoms with Crippen molar-refractivity contribution in [2.24, 2.45) is 11.7 Å². The SMILES string of the molecule is NCC1CCN(C(=O)CSC(F)(F)F)C1. The molecular formula is C8H13F3N2OS. The Morgan fingerprint density at radius 1 is 1.53 bits per heavy atom. The largest absolute Gasteiger partial charge is 0.442 e. The maximum absolute atomic E-state index is 11.8. The Morgan fingerprint density at radius 3 is 2.67 bits per heavy atom. The van der Waals surface area contributed by atoms with E-state index in [1.165, 1.54) is 4.90 Å². The molecule has 1 atom stereocenters. The summed E-state index contributed by atoms with van der Waals surface area (Å²) in [7, 11) is 0. The lowest BCUT2D eigenvalue weighted by atomic mass is 10.1. The first-order valence-electron chi connectivity index (χ1n) is 4.61. The third-order valence-corrected chi connectivity index (χ3v) is 3.05. The van der Waals surface area contributed by atoms with Crippen molar-refractivity contribution < 1.29 is 18.0 Å². The van der Waals surface area contributed by atoms with Crippen LogP contribution in [0, 0.1) is 5.92 Å². The molecule has 0 aliphatic carbocycles. The Morgan fingerprint density at radius 2 is 2.20 bits per heavy atom. The van der Waals surface area contributed by atoms with Gasteiger partial charge < -0.3 is 10.6 Å². The second-order valence-corrected chi connectivity index (χ2v) is 4.50. The standard InChI is InChI=1S/C8H13F3N2OS/c9-8(10,11)15-5-7(14)13-2-1-6(3-12)4-13/h6H,1-5,12H2. The molecule has 2 N–H and O–H groups in total. The number of rotatable bonds is 3. The highest BCUT2D eigenvalue weighted by atomic mass is 32.2. The first-order valence-corrected chi connectivity index (χ1v) is 5.59. The predicted molar refractivity (Wildman–Crippen MR) is 52.3 cm³/mol. The van der Waals surface area contributed by atoms with Crippen LogP contribution in [-0.4, -0.2) is 41.7 Å². The van der Waals surface area contributed by atoms with Crippen LogP contribution in [0.3, 0.4) is 0 Å². The zero-order chi connectivity index (χ0) is 11.5. The molecule has 88 valence electrons. The first kappa shape index (κ1) is 12.6. The minimum atomic E-state index is -4.33. The van der Waals surface area contributed by atoms with E-state index in [1.54, 1.807) is 0 Å². The van der Waals surface area contributed by atoms with Crippen LogP contribution in [0.4, 0.5) is 13.2 Å². The van der Waals surface area contributed by atoms with Gasteiger partial charge in [-0.1, -0.05) is 0 Å². The summed E-state index contributed by atoms with van der Waals surface area (Å²) in [5.74, 6) is -0.737. The molecule has 7 heteroatoms. The van der Waals surface area contributed by atoms with Crippen LogP contribution in [0.25, 0.3) is 0 Å². The molecule has 0 spiro atoms. The Hall–Kier alpha value is -0.430. The Kier molecular flexibility index (Phi) is 4.27. The van der Waals surface area contributed by atoms with Gasteiger partial charge in [-0.3, -0.25) is 4.79 Å². The number of hydrogen-bond donors (Lipinski definition) is 1. The Labute approximate surface area is 90.2 Å². The number of hydrogen-bond acceptors (Lipinski definition) is 3. The average molecular weight is 242 g/mol. The van der Waals surface area contributed by atoms with E-state index < -0.39 is 17.2 Å². The van der Waals surface area contributed by atoms with Crippen molar-refractivity contribution >= 4 is 17.7 Å². The molecule has 0 aromatic carbocycles. The van der Waals surface area contributed by atoms with E-state index in [4.69, 9.17) is 5.73 Å². The van der Waals surface area contributed by atoms with Gasteiger partial charge in [0.25, 0.3) is 0 Å². The zero-order valence-corrected chi connectivity index (χ0v) is 8.90. The normalized spacial score (nSPS) is 22.1. The van der Waals surface area contributed by atoms with Gasteiger partial charge in [-0.05, 0) is 30.6 Å². The van der Waals surface area contributed by atoms with Gasteiger partial charge in [-0.15, -0.1) is 0 Å². The lowest BCUT2D eigenvalue weighted by Gasteiger charge is -2.16. The molecule has 0 bridgehead atoms. The molecule has 1 heterocycles. The van der Waals surface area contributed by atoms with Gasteiger partial charge in [0.05, 0.1) is 5.75 Å².